The van der Waals surface area contributed by atoms with E-state index in [4.69, 9.17) is 10.2 Å². The van der Waals surface area contributed by atoms with Crippen LogP contribution in [0.25, 0.3) is 0 Å². The molecular weight excluding hydrogens is 158 g/mol. The molecule has 0 aliphatic carbocycles. The normalized spacial score (nSPS) is 10.3. The number of hydrogen-bond donors (Lipinski definition) is 2. The fourth-order valence-corrected chi connectivity index (χ4v) is 0.838. The van der Waals surface area contributed by atoms with Gasteiger partial charge < -0.3 is 15.1 Å². The molecule has 72 valence electrons. The molecule has 12 heavy (non-hydrogen) atoms. The molecule has 0 spiro atoms. The topological polar surface area (TPSA) is 60.8 Å². The van der Waals surface area contributed by atoms with E-state index < -0.39 is 6.09 Å². The third kappa shape index (κ3) is 4.96. The summed E-state index contributed by atoms with van der Waals surface area (Å²) in [7, 11) is 0. The minimum atomic E-state index is -0.954. The molecule has 0 aromatic carbocycles. The molecule has 1 amide bonds. The summed E-state index contributed by atoms with van der Waals surface area (Å²) in [4.78, 5) is 11.8. The highest BCUT2D eigenvalue weighted by molar-refractivity contribution is 5.64. The number of nitrogens with zero attached hydrogens (tertiary/aromatic N) is 1. The number of carbonyl (C=O) groups is 1. The van der Waals surface area contributed by atoms with Crippen LogP contribution in [0.3, 0.4) is 0 Å². The summed E-state index contributed by atoms with van der Waals surface area (Å²) < 4.78 is 0. The Bertz CT molecular complexity index is 136. The minimum Gasteiger partial charge on any atom is -0.465 e. The highest BCUT2D eigenvalue weighted by Crippen LogP contribution is 2.01. The molecule has 0 aromatic heterocycles. The van der Waals surface area contributed by atoms with Gasteiger partial charge in [-0.05, 0) is 12.3 Å². The molecule has 0 rings (SSSR count). The van der Waals surface area contributed by atoms with Crippen molar-refractivity contribution in [2.75, 3.05) is 19.7 Å². The van der Waals surface area contributed by atoms with Crippen LogP contribution < -0.4 is 0 Å². The monoisotopic (exact) mass is 175 g/mol. The highest BCUT2D eigenvalue weighted by atomic mass is 16.4. The van der Waals surface area contributed by atoms with Crippen molar-refractivity contribution in [2.24, 2.45) is 5.92 Å². The van der Waals surface area contributed by atoms with Crippen molar-refractivity contribution in [3.63, 3.8) is 0 Å². The number of hydrogen-bond acceptors (Lipinski definition) is 2. The van der Waals surface area contributed by atoms with Crippen molar-refractivity contribution < 1.29 is 15.0 Å². The van der Waals surface area contributed by atoms with E-state index in [0.29, 0.717) is 12.5 Å². The lowest BCUT2D eigenvalue weighted by atomic mass is 10.1. The van der Waals surface area contributed by atoms with Crippen molar-refractivity contribution in [2.45, 2.75) is 20.3 Å². The Morgan fingerprint density at radius 2 is 2.00 bits per heavy atom. The van der Waals surface area contributed by atoms with Gasteiger partial charge in [0, 0.05) is 13.1 Å². The second-order valence-electron chi connectivity index (χ2n) is 3.18. The second-order valence-corrected chi connectivity index (χ2v) is 3.18. The van der Waals surface area contributed by atoms with Crippen LogP contribution in [-0.2, 0) is 0 Å². The lowest BCUT2D eigenvalue weighted by Gasteiger charge is -2.18. The van der Waals surface area contributed by atoms with E-state index in [1.54, 1.807) is 0 Å². The predicted molar refractivity (Wildman–Crippen MR) is 46.1 cm³/mol. The first-order chi connectivity index (χ1) is 5.57. The Hall–Kier alpha value is -0.770. The Kier molecular flexibility index (Phi) is 5.45. The molecule has 0 radical (unpaired) electrons. The van der Waals surface area contributed by atoms with Crippen molar-refractivity contribution in [1.29, 1.82) is 0 Å². The number of amides is 1. The Balaban J connectivity index is 3.71. The quantitative estimate of drug-likeness (QED) is 0.655. The maximum Gasteiger partial charge on any atom is 0.407 e. The average Bonchev–Trinajstić information content (AvgIpc) is 1.96. The first-order valence-corrected chi connectivity index (χ1v) is 4.16. The summed E-state index contributed by atoms with van der Waals surface area (Å²) >= 11 is 0. The summed E-state index contributed by atoms with van der Waals surface area (Å²) in [5.41, 5.74) is 0. The predicted octanol–water partition coefficient (Wildman–Crippen LogP) is 1.00. The zero-order chi connectivity index (χ0) is 9.56. The van der Waals surface area contributed by atoms with Gasteiger partial charge in [-0.25, -0.2) is 4.79 Å². The third-order valence-electron chi connectivity index (χ3n) is 1.62. The van der Waals surface area contributed by atoms with E-state index >= 15 is 0 Å². The summed E-state index contributed by atoms with van der Waals surface area (Å²) in [6, 6.07) is 0. The fourth-order valence-electron chi connectivity index (χ4n) is 0.838. The summed E-state index contributed by atoms with van der Waals surface area (Å²) in [6.07, 6.45) is -0.114. The molecule has 0 unspecified atom stereocenters. The number of rotatable bonds is 5. The van der Waals surface area contributed by atoms with Gasteiger partial charge in [-0.2, -0.15) is 0 Å². The molecule has 0 fully saturated rings. The lowest BCUT2D eigenvalue weighted by molar-refractivity contribution is 0.129. The third-order valence-corrected chi connectivity index (χ3v) is 1.62. The van der Waals surface area contributed by atoms with Gasteiger partial charge in [0.05, 0.1) is 6.61 Å². The molecule has 2 N–H and O–H groups in total. The van der Waals surface area contributed by atoms with Gasteiger partial charge in [0.2, 0.25) is 0 Å². The number of aliphatic hydroxyl groups excluding tert-OH is 1. The fraction of sp³-hybridized carbons (Fsp3) is 0.875. The maximum absolute atomic E-state index is 10.5. The molecular formula is C8H17NO3. The van der Waals surface area contributed by atoms with Gasteiger partial charge in [0.1, 0.15) is 0 Å². The zero-order valence-corrected chi connectivity index (χ0v) is 7.66. The molecule has 0 saturated heterocycles. The lowest BCUT2D eigenvalue weighted by Crippen LogP contribution is -2.33. The van der Waals surface area contributed by atoms with Crippen molar-refractivity contribution in [3.8, 4) is 0 Å². The average molecular weight is 175 g/mol. The molecule has 0 saturated carbocycles. The van der Waals surface area contributed by atoms with Gasteiger partial charge >= 0.3 is 6.09 Å². The number of carboxylic acid groups (broad SMARTS) is 1. The molecule has 0 atom stereocenters. The van der Waals surface area contributed by atoms with Crippen molar-refractivity contribution >= 4 is 6.09 Å². The van der Waals surface area contributed by atoms with Crippen LogP contribution in [-0.4, -0.2) is 40.9 Å². The molecule has 0 aliphatic heterocycles. The molecule has 4 nitrogen and oxygen atoms in total. The van der Waals surface area contributed by atoms with Gasteiger partial charge in [0.15, 0.2) is 0 Å². The Morgan fingerprint density at radius 1 is 1.42 bits per heavy atom. The van der Waals surface area contributed by atoms with Gasteiger partial charge in [-0.1, -0.05) is 13.8 Å². The van der Waals surface area contributed by atoms with Crippen LogP contribution in [0, 0.1) is 5.92 Å². The van der Waals surface area contributed by atoms with Crippen molar-refractivity contribution in [3.05, 3.63) is 0 Å². The van der Waals surface area contributed by atoms with Crippen LogP contribution in [0.2, 0.25) is 0 Å². The van der Waals surface area contributed by atoms with E-state index in [1.807, 2.05) is 13.8 Å². The van der Waals surface area contributed by atoms with Gasteiger partial charge in [-0.15, -0.1) is 0 Å². The van der Waals surface area contributed by atoms with E-state index in [2.05, 4.69) is 0 Å². The van der Waals surface area contributed by atoms with Crippen LogP contribution in [0.1, 0.15) is 20.3 Å². The summed E-state index contributed by atoms with van der Waals surface area (Å²) in [5.74, 6) is 0.491. The standard InChI is InChI=1S/C8H17NO3/c1-7(2)3-4-9(5-6-10)8(11)12/h7,10H,3-6H2,1-2H3,(H,11,12). The summed E-state index contributed by atoms with van der Waals surface area (Å²) in [5, 5.41) is 17.2. The van der Waals surface area contributed by atoms with E-state index in [0.717, 1.165) is 6.42 Å². The number of aliphatic hydroxyl groups is 1. The largest absolute Gasteiger partial charge is 0.465 e. The first kappa shape index (κ1) is 11.2. The zero-order valence-electron chi connectivity index (χ0n) is 7.66. The maximum atomic E-state index is 10.5. The smallest absolute Gasteiger partial charge is 0.407 e. The second kappa shape index (κ2) is 5.83. The Labute approximate surface area is 72.8 Å². The minimum absolute atomic E-state index is 0.107. The molecule has 0 bridgehead atoms. The molecule has 0 aromatic rings. The highest BCUT2D eigenvalue weighted by Gasteiger charge is 2.10. The van der Waals surface area contributed by atoms with Crippen LogP contribution >= 0.6 is 0 Å². The van der Waals surface area contributed by atoms with Gasteiger partial charge in [-0.3, -0.25) is 0 Å². The molecule has 4 heteroatoms. The van der Waals surface area contributed by atoms with Crippen LogP contribution in [0.15, 0.2) is 0 Å². The van der Waals surface area contributed by atoms with Crippen LogP contribution in [0.5, 0.6) is 0 Å². The molecule has 0 aliphatic rings. The molecule has 0 heterocycles. The van der Waals surface area contributed by atoms with Crippen molar-refractivity contribution in [1.82, 2.24) is 4.90 Å². The van der Waals surface area contributed by atoms with Crippen LogP contribution in [0.4, 0.5) is 4.79 Å². The SMILES string of the molecule is CC(C)CCN(CCO)C(=O)O. The summed E-state index contributed by atoms with van der Waals surface area (Å²) in [6.45, 7) is 4.69. The van der Waals surface area contributed by atoms with E-state index in [1.165, 1.54) is 4.90 Å². The first-order valence-electron chi connectivity index (χ1n) is 4.16. The van der Waals surface area contributed by atoms with E-state index in [9.17, 15) is 4.79 Å². The van der Waals surface area contributed by atoms with E-state index in [-0.39, 0.29) is 13.2 Å². The van der Waals surface area contributed by atoms with Gasteiger partial charge in [0.25, 0.3) is 0 Å². The Morgan fingerprint density at radius 3 is 2.33 bits per heavy atom.